The zero-order valence-electron chi connectivity index (χ0n) is 12.5. The summed E-state index contributed by atoms with van der Waals surface area (Å²) in [6.45, 7) is 7.88. The molecule has 1 N–H and O–H groups in total. The maximum atomic E-state index is 3.55. The van der Waals surface area contributed by atoms with Crippen LogP contribution in [-0.4, -0.2) is 56.1 Å². The average Bonchev–Trinajstić information content (AvgIpc) is 2.80. The van der Waals surface area contributed by atoms with Crippen LogP contribution in [0.3, 0.4) is 0 Å². The molecule has 0 aromatic carbocycles. The van der Waals surface area contributed by atoms with Gasteiger partial charge in [0, 0.05) is 42.0 Å². The monoisotopic (exact) mass is 281 g/mol. The Labute approximate surface area is 121 Å². The molecule has 1 aromatic rings. The van der Waals surface area contributed by atoms with Gasteiger partial charge in [-0.3, -0.25) is 0 Å². The Hall–Kier alpha value is -0.420. The summed E-state index contributed by atoms with van der Waals surface area (Å²) >= 11 is 1.89. The van der Waals surface area contributed by atoms with Crippen molar-refractivity contribution >= 4 is 11.3 Å². The molecule has 0 bridgehead atoms. The van der Waals surface area contributed by atoms with Crippen LogP contribution < -0.4 is 5.32 Å². The number of likely N-dealkylation sites (tertiary alicyclic amines) is 1. The highest BCUT2D eigenvalue weighted by Crippen LogP contribution is 2.15. The molecular weight excluding hydrogens is 254 g/mol. The first-order valence-electron chi connectivity index (χ1n) is 7.30. The summed E-state index contributed by atoms with van der Waals surface area (Å²) in [5.41, 5.74) is 0. The van der Waals surface area contributed by atoms with Crippen LogP contribution in [0.25, 0.3) is 0 Å². The highest BCUT2D eigenvalue weighted by atomic mass is 32.1. The molecule has 4 heteroatoms. The van der Waals surface area contributed by atoms with Crippen molar-refractivity contribution in [3.05, 3.63) is 21.9 Å². The van der Waals surface area contributed by atoms with E-state index in [0.29, 0.717) is 0 Å². The van der Waals surface area contributed by atoms with Gasteiger partial charge in [0.1, 0.15) is 0 Å². The highest BCUT2D eigenvalue weighted by Gasteiger charge is 2.20. The molecule has 1 aliphatic heterocycles. The van der Waals surface area contributed by atoms with E-state index in [2.05, 4.69) is 48.3 Å². The van der Waals surface area contributed by atoms with E-state index in [9.17, 15) is 0 Å². The summed E-state index contributed by atoms with van der Waals surface area (Å²) in [6, 6.07) is 5.17. The molecule has 1 atom stereocenters. The number of thiophene rings is 1. The summed E-state index contributed by atoms with van der Waals surface area (Å²) in [5.74, 6) is 0. The fourth-order valence-corrected chi connectivity index (χ4v) is 3.59. The predicted octanol–water partition coefficient (Wildman–Crippen LogP) is 2.17. The highest BCUT2D eigenvalue weighted by molar-refractivity contribution is 7.11. The number of hydrogen-bond donors (Lipinski definition) is 1. The quantitative estimate of drug-likeness (QED) is 0.806. The minimum Gasteiger partial charge on any atom is -0.311 e. The molecule has 0 aliphatic carbocycles. The van der Waals surface area contributed by atoms with Gasteiger partial charge in [0.25, 0.3) is 0 Å². The van der Waals surface area contributed by atoms with Gasteiger partial charge in [-0.1, -0.05) is 0 Å². The van der Waals surface area contributed by atoms with Gasteiger partial charge in [0.05, 0.1) is 0 Å². The predicted molar refractivity (Wildman–Crippen MR) is 83.9 cm³/mol. The number of rotatable bonds is 6. The number of piperidine rings is 1. The first kappa shape index (κ1) is 15.0. The topological polar surface area (TPSA) is 18.5 Å². The van der Waals surface area contributed by atoms with Gasteiger partial charge in [-0.2, -0.15) is 0 Å². The lowest BCUT2D eigenvalue weighted by Gasteiger charge is -2.35. The second-order valence-corrected chi connectivity index (χ2v) is 7.10. The molecule has 1 aromatic heterocycles. The first-order valence-corrected chi connectivity index (χ1v) is 8.11. The zero-order chi connectivity index (χ0) is 13.7. The zero-order valence-corrected chi connectivity index (χ0v) is 13.3. The van der Waals surface area contributed by atoms with Crippen molar-refractivity contribution < 1.29 is 0 Å². The summed E-state index contributed by atoms with van der Waals surface area (Å²) in [7, 11) is 4.50. The number of nitrogens with zero attached hydrogens (tertiary/aromatic N) is 2. The van der Waals surface area contributed by atoms with Crippen molar-refractivity contribution in [3.63, 3.8) is 0 Å². The summed E-state index contributed by atoms with van der Waals surface area (Å²) in [5, 5.41) is 3.55. The van der Waals surface area contributed by atoms with Gasteiger partial charge >= 0.3 is 0 Å². The standard InChI is InChI=1S/C15H27N3S/c1-13-6-7-15(19-13)11-16-8-10-18(3)14-5-4-9-17(2)12-14/h6-7,14,16H,4-5,8-12H2,1-3H3. The van der Waals surface area contributed by atoms with Gasteiger partial charge in [-0.15, -0.1) is 11.3 Å². The lowest BCUT2D eigenvalue weighted by molar-refractivity contribution is 0.135. The lowest BCUT2D eigenvalue weighted by atomic mass is 10.1. The first-order chi connectivity index (χ1) is 9.15. The Bertz CT molecular complexity index is 377. The summed E-state index contributed by atoms with van der Waals surface area (Å²) < 4.78 is 0. The maximum absolute atomic E-state index is 3.55. The van der Waals surface area contributed by atoms with Crippen LogP contribution in [0.4, 0.5) is 0 Å². The van der Waals surface area contributed by atoms with Crippen LogP contribution in [0, 0.1) is 6.92 Å². The second kappa shape index (κ2) is 7.39. The third-order valence-corrected chi connectivity index (χ3v) is 4.96. The Morgan fingerprint density at radius 3 is 3.00 bits per heavy atom. The molecule has 2 heterocycles. The van der Waals surface area contributed by atoms with Crippen LogP contribution in [0.1, 0.15) is 22.6 Å². The van der Waals surface area contributed by atoms with Crippen LogP contribution in [0.2, 0.25) is 0 Å². The Balaban J connectivity index is 1.62. The number of nitrogens with one attached hydrogen (secondary N) is 1. The van der Waals surface area contributed by atoms with E-state index >= 15 is 0 Å². The van der Waals surface area contributed by atoms with E-state index < -0.39 is 0 Å². The summed E-state index contributed by atoms with van der Waals surface area (Å²) in [6.07, 6.45) is 2.69. The number of hydrogen-bond acceptors (Lipinski definition) is 4. The third kappa shape index (κ3) is 4.88. The Morgan fingerprint density at radius 1 is 1.47 bits per heavy atom. The average molecular weight is 281 g/mol. The smallest absolute Gasteiger partial charge is 0.0300 e. The largest absolute Gasteiger partial charge is 0.311 e. The van der Waals surface area contributed by atoms with Crippen molar-refractivity contribution in [2.45, 2.75) is 32.4 Å². The van der Waals surface area contributed by atoms with E-state index in [1.165, 1.54) is 35.7 Å². The number of aryl methyl sites for hydroxylation is 1. The lowest BCUT2D eigenvalue weighted by Crippen LogP contribution is -2.46. The molecule has 0 spiro atoms. The molecule has 1 saturated heterocycles. The van der Waals surface area contributed by atoms with Gasteiger partial charge in [-0.05, 0) is 52.5 Å². The molecule has 1 unspecified atom stereocenters. The van der Waals surface area contributed by atoms with Crippen molar-refractivity contribution in [2.24, 2.45) is 0 Å². The molecule has 2 rings (SSSR count). The molecule has 3 nitrogen and oxygen atoms in total. The molecule has 1 fully saturated rings. The van der Waals surface area contributed by atoms with Gasteiger partial charge in [0.2, 0.25) is 0 Å². The normalized spacial score (nSPS) is 21.2. The van der Waals surface area contributed by atoms with Crippen LogP contribution in [-0.2, 0) is 6.54 Å². The fourth-order valence-electron chi connectivity index (χ4n) is 2.73. The van der Waals surface area contributed by atoms with Crippen molar-refractivity contribution in [2.75, 3.05) is 40.3 Å². The van der Waals surface area contributed by atoms with Crippen molar-refractivity contribution in [1.82, 2.24) is 15.1 Å². The van der Waals surface area contributed by atoms with Crippen LogP contribution in [0.15, 0.2) is 12.1 Å². The van der Waals surface area contributed by atoms with E-state index in [-0.39, 0.29) is 0 Å². The minimum absolute atomic E-state index is 0.740. The van der Waals surface area contributed by atoms with Gasteiger partial charge in [0.15, 0.2) is 0 Å². The van der Waals surface area contributed by atoms with E-state index in [4.69, 9.17) is 0 Å². The summed E-state index contributed by atoms with van der Waals surface area (Å²) in [4.78, 5) is 7.81. The van der Waals surface area contributed by atoms with Gasteiger partial charge in [-0.25, -0.2) is 0 Å². The molecule has 0 saturated carbocycles. The minimum atomic E-state index is 0.740. The molecule has 108 valence electrons. The van der Waals surface area contributed by atoms with E-state index in [0.717, 1.165) is 25.7 Å². The van der Waals surface area contributed by atoms with Gasteiger partial charge < -0.3 is 15.1 Å². The number of likely N-dealkylation sites (N-methyl/N-ethyl adjacent to an activating group) is 2. The second-order valence-electron chi connectivity index (χ2n) is 5.73. The Morgan fingerprint density at radius 2 is 2.32 bits per heavy atom. The van der Waals surface area contributed by atoms with Crippen molar-refractivity contribution in [1.29, 1.82) is 0 Å². The van der Waals surface area contributed by atoms with Crippen molar-refractivity contribution in [3.8, 4) is 0 Å². The fraction of sp³-hybridized carbons (Fsp3) is 0.733. The molecule has 0 radical (unpaired) electrons. The Kier molecular flexibility index (Phi) is 5.82. The third-order valence-electron chi connectivity index (χ3n) is 3.96. The van der Waals surface area contributed by atoms with E-state index in [1.54, 1.807) is 0 Å². The van der Waals surface area contributed by atoms with Crippen LogP contribution >= 0.6 is 11.3 Å². The molecular formula is C15H27N3S. The molecule has 19 heavy (non-hydrogen) atoms. The van der Waals surface area contributed by atoms with E-state index in [1.807, 2.05) is 11.3 Å². The molecule has 1 aliphatic rings. The maximum Gasteiger partial charge on any atom is 0.0300 e. The SMILES string of the molecule is Cc1ccc(CNCCN(C)C2CCCN(C)C2)s1. The molecule has 0 amide bonds. The van der Waals surface area contributed by atoms with Crippen LogP contribution in [0.5, 0.6) is 0 Å².